The zero-order valence-corrected chi connectivity index (χ0v) is 18.2. The van der Waals surface area contributed by atoms with E-state index in [0.29, 0.717) is 16.5 Å². The van der Waals surface area contributed by atoms with Crippen LogP contribution in [0.1, 0.15) is 62.3 Å². The van der Waals surface area contributed by atoms with Gasteiger partial charge in [0.1, 0.15) is 0 Å². The van der Waals surface area contributed by atoms with Crippen LogP contribution in [0.3, 0.4) is 0 Å². The van der Waals surface area contributed by atoms with Crippen molar-refractivity contribution in [1.29, 1.82) is 5.26 Å². The van der Waals surface area contributed by atoms with Crippen molar-refractivity contribution < 1.29 is 13.2 Å². The van der Waals surface area contributed by atoms with Gasteiger partial charge in [0.25, 0.3) is 0 Å². The van der Waals surface area contributed by atoms with Gasteiger partial charge in [0.15, 0.2) is 0 Å². The number of alkyl halides is 3. The lowest BCUT2D eigenvalue weighted by Gasteiger charge is -2.47. The molecule has 1 unspecified atom stereocenters. The summed E-state index contributed by atoms with van der Waals surface area (Å²) < 4.78 is 39.2. The smallest absolute Gasteiger partial charge is 0.366 e. The largest absolute Gasteiger partial charge is 0.416 e. The molecule has 0 aromatic heterocycles. The van der Waals surface area contributed by atoms with Crippen molar-refractivity contribution in [3.05, 3.63) is 63.7 Å². The molecule has 2 nitrogen and oxygen atoms in total. The molecule has 1 aliphatic heterocycles. The molecule has 158 valence electrons. The van der Waals surface area contributed by atoms with Gasteiger partial charge in [0.2, 0.25) is 0 Å². The van der Waals surface area contributed by atoms with Crippen LogP contribution in [0, 0.1) is 11.3 Å². The van der Waals surface area contributed by atoms with Crippen molar-refractivity contribution in [1.82, 2.24) is 0 Å². The van der Waals surface area contributed by atoms with E-state index in [2.05, 4.69) is 32.6 Å². The third-order valence-electron chi connectivity index (χ3n) is 5.74. The van der Waals surface area contributed by atoms with Gasteiger partial charge >= 0.3 is 6.18 Å². The highest BCUT2D eigenvalue weighted by Crippen LogP contribution is 2.45. The van der Waals surface area contributed by atoms with Crippen LogP contribution in [0.5, 0.6) is 0 Å². The second-order valence-corrected chi connectivity index (χ2v) is 8.75. The van der Waals surface area contributed by atoms with Gasteiger partial charge in [-0.2, -0.15) is 18.4 Å². The minimum absolute atomic E-state index is 0.00228. The van der Waals surface area contributed by atoms with Gasteiger partial charge in [0, 0.05) is 22.8 Å². The Bertz CT molecular complexity index is 1030. The second-order valence-electron chi connectivity index (χ2n) is 8.34. The zero-order chi connectivity index (χ0) is 22.3. The first-order valence-electron chi connectivity index (χ1n) is 9.88. The molecule has 0 fully saturated rings. The summed E-state index contributed by atoms with van der Waals surface area (Å²) in [7, 11) is 0. The van der Waals surface area contributed by atoms with Gasteiger partial charge in [-0.15, -0.1) is 0 Å². The second kappa shape index (κ2) is 8.00. The van der Waals surface area contributed by atoms with Gasteiger partial charge in [-0.3, -0.25) is 0 Å². The predicted molar refractivity (Wildman–Crippen MR) is 117 cm³/mol. The fraction of sp³-hybridized carbons (Fsp3) is 0.375. The summed E-state index contributed by atoms with van der Waals surface area (Å²) >= 11 is 6.56. The number of nitriles is 1. The molecule has 0 bridgehead atoms. The third-order valence-corrected chi connectivity index (χ3v) is 6.07. The van der Waals surface area contributed by atoms with E-state index in [1.807, 2.05) is 18.2 Å². The number of anilines is 1. The summed E-state index contributed by atoms with van der Waals surface area (Å²) in [4.78, 5) is 2.32. The van der Waals surface area contributed by atoms with Crippen LogP contribution >= 0.6 is 11.6 Å². The molecule has 1 atom stereocenters. The van der Waals surface area contributed by atoms with Crippen LogP contribution in [-0.4, -0.2) is 12.1 Å². The van der Waals surface area contributed by atoms with E-state index < -0.39 is 11.7 Å². The molecule has 2 aromatic carbocycles. The molecule has 30 heavy (non-hydrogen) atoms. The van der Waals surface area contributed by atoms with Crippen LogP contribution in [0.25, 0.3) is 11.6 Å². The number of rotatable bonds is 3. The lowest BCUT2D eigenvalue weighted by Crippen LogP contribution is -2.48. The maximum absolute atomic E-state index is 13.1. The first-order chi connectivity index (χ1) is 14.0. The van der Waals surface area contributed by atoms with E-state index in [0.717, 1.165) is 36.3 Å². The Balaban J connectivity index is 2.10. The van der Waals surface area contributed by atoms with Crippen molar-refractivity contribution in [3.63, 3.8) is 0 Å². The van der Waals surface area contributed by atoms with E-state index in [4.69, 9.17) is 11.6 Å². The highest BCUT2D eigenvalue weighted by atomic mass is 35.5. The molecule has 1 aliphatic rings. The van der Waals surface area contributed by atoms with Crippen LogP contribution < -0.4 is 4.90 Å². The van der Waals surface area contributed by atoms with Crippen molar-refractivity contribution in [3.8, 4) is 6.07 Å². The Kier molecular flexibility index (Phi) is 5.93. The summed E-state index contributed by atoms with van der Waals surface area (Å²) in [6, 6.07) is 10.7. The first-order valence-corrected chi connectivity index (χ1v) is 10.3. The molecule has 0 saturated heterocycles. The summed E-state index contributed by atoms with van der Waals surface area (Å²) in [6.07, 6.45) is -1.93. The Morgan fingerprint density at radius 1 is 1.30 bits per heavy atom. The van der Waals surface area contributed by atoms with Gasteiger partial charge in [-0.05, 0) is 80.1 Å². The van der Waals surface area contributed by atoms with Gasteiger partial charge < -0.3 is 4.90 Å². The normalized spacial score (nSPS) is 18.7. The van der Waals surface area contributed by atoms with E-state index in [1.54, 1.807) is 6.08 Å². The summed E-state index contributed by atoms with van der Waals surface area (Å²) in [5.74, 6) is 0.293. The molecule has 3 rings (SSSR count). The molecule has 0 aliphatic carbocycles. The number of halogens is 4. The Hall–Kier alpha value is -2.45. The standard InChI is InChI=1S/C24H24ClF3N2/c1-5-30-22-12-21(25)17(11-20(22)15(2)13-23(30,3)4)9-18(14-29)16-7-6-8-19(10-16)24(26,27)28/h6-12,15H,5,13H2,1-4H3/b18-9+. The number of hydrogen-bond acceptors (Lipinski definition) is 2. The topological polar surface area (TPSA) is 27.0 Å². The van der Waals surface area contributed by atoms with E-state index >= 15 is 0 Å². The average Bonchev–Trinajstić information content (AvgIpc) is 2.66. The molecule has 1 heterocycles. The number of nitrogens with zero attached hydrogens (tertiary/aromatic N) is 2. The van der Waals surface area contributed by atoms with Gasteiger partial charge in [-0.1, -0.05) is 30.7 Å². The molecule has 0 spiro atoms. The monoisotopic (exact) mass is 432 g/mol. The van der Waals surface area contributed by atoms with Crippen LogP contribution in [0.2, 0.25) is 5.02 Å². The van der Waals surface area contributed by atoms with Crippen LogP contribution in [0.15, 0.2) is 36.4 Å². The van der Waals surface area contributed by atoms with Crippen LogP contribution in [-0.2, 0) is 6.18 Å². The maximum atomic E-state index is 13.1. The number of hydrogen-bond donors (Lipinski definition) is 0. The van der Waals surface area contributed by atoms with Gasteiger partial charge in [-0.25, -0.2) is 0 Å². The Labute approximate surface area is 180 Å². The quantitative estimate of drug-likeness (QED) is 0.370. The molecule has 2 aromatic rings. The van der Waals surface area contributed by atoms with Crippen LogP contribution in [0.4, 0.5) is 18.9 Å². The highest BCUT2D eigenvalue weighted by Gasteiger charge is 2.36. The van der Waals surface area contributed by atoms with E-state index in [9.17, 15) is 18.4 Å². The van der Waals surface area contributed by atoms with E-state index in [-0.39, 0.29) is 16.7 Å². The first kappa shape index (κ1) is 22.2. The Morgan fingerprint density at radius 2 is 2.00 bits per heavy atom. The van der Waals surface area contributed by atoms with E-state index in [1.165, 1.54) is 12.1 Å². The maximum Gasteiger partial charge on any atom is 0.416 e. The third kappa shape index (κ3) is 4.20. The molecule has 0 radical (unpaired) electrons. The molecular formula is C24H24ClF3N2. The molecule has 6 heteroatoms. The lowest BCUT2D eigenvalue weighted by atomic mass is 9.79. The fourth-order valence-corrected chi connectivity index (χ4v) is 4.64. The average molecular weight is 433 g/mol. The SMILES string of the molecule is CCN1c2cc(Cl)c(/C=C(\C#N)c3cccc(C(F)(F)F)c3)cc2C(C)CC1(C)C. The molecular weight excluding hydrogens is 409 g/mol. The lowest BCUT2D eigenvalue weighted by molar-refractivity contribution is -0.137. The molecule has 0 amide bonds. The fourth-order valence-electron chi connectivity index (χ4n) is 4.43. The zero-order valence-electron chi connectivity index (χ0n) is 17.4. The summed E-state index contributed by atoms with van der Waals surface area (Å²) in [6.45, 7) is 9.52. The van der Waals surface area contributed by atoms with Crippen molar-refractivity contribution in [2.45, 2.75) is 51.7 Å². The molecule has 0 N–H and O–H groups in total. The number of allylic oxidation sites excluding steroid dienone is 1. The van der Waals surface area contributed by atoms with Crippen molar-refractivity contribution >= 4 is 28.9 Å². The molecule has 0 saturated carbocycles. The number of fused-ring (bicyclic) bond motifs is 1. The Morgan fingerprint density at radius 3 is 2.60 bits per heavy atom. The minimum Gasteiger partial charge on any atom is -0.366 e. The van der Waals surface area contributed by atoms with Crippen molar-refractivity contribution in [2.75, 3.05) is 11.4 Å². The minimum atomic E-state index is -4.47. The van der Waals surface area contributed by atoms with Crippen molar-refractivity contribution in [2.24, 2.45) is 0 Å². The summed E-state index contributed by atoms with van der Waals surface area (Å²) in [5.41, 5.74) is 2.40. The summed E-state index contributed by atoms with van der Waals surface area (Å²) in [5, 5.41) is 10.1. The van der Waals surface area contributed by atoms with Gasteiger partial charge in [0.05, 0.1) is 17.2 Å². The highest BCUT2D eigenvalue weighted by molar-refractivity contribution is 6.32. The predicted octanol–water partition coefficient (Wildman–Crippen LogP) is 7.54. The number of benzene rings is 2.